The summed E-state index contributed by atoms with van der Waals surface area (Å²) in [6.45, 7) is 15.9. The highest BCUT2D eigenvalue weighted by Crippen LogP contribution is 2.38. The van der Waals surface area contributed by atoms with Crippen LogP contribution in [0.25, 0.3) is 0 Å². The lowest BCUT2D eigenvalue weighted by Crippen LogP contribution is -2.51. The zero-order valence-corrected chi connectivity index (χ0v) is 24.5. The number of ether oxygens (including phenoxy) is 2. The van der Waals surface area contributed by atoms with Crippen LogP contribution >= 0.6 is 0 Å². The molecule has 2 aliphatic rings. The van der Waals surface area contributed by atoms with Gasteiger partial charge in [0.05, 0.1) is 0 Å². The van der Waals surface area contributed by atoms with Crippen LogP contribution in [0.4, 0.5) is 13.6 Å². The van der Waals surface area contributed by atoms with E-state index in [1.165, 1.54) is 37.8 Å². The Bertz CT molecular complexity index is 930. The number of amides is 1. The predicted molar refractivity (Wildman–Crippen MR) is 150 cm³/mol. The number of hydrogen-bond donors (Lipinski definition) is 0. The fraction of sp³-hybridized carbons (Fsp3) is 0.667. The number of alkyl halides is 2. The fourth-order valence-corrected chi connectivity index (χ4v) is 4.34. The Balaban J connectivity index is 0.000000352. The van der Waals surface area contributed by atoms with Gasteiger partial charge in [0.2, 0.25) is 0 Å². The van der Waals surface area contributed by atoms with Crippen LogP contribution in [0, 0.1) is 18.8 Å². The molecule has 1 aromatic rings. The van der Waals surface area contributed by atoms with Gasteiger partial charge in [-0.05, 0) is 77.0 Å². The van der Waals surface area contributed by atoms with E-state index in [0.717, 1.165) is 30.4 Å². The molecule has 214 valence electrons. The van der Waals surface area contributed by atoms with Gasteiger partial charge in [0, 0.05) is 40.2 Å². The average molecular weight is 536 g/mol. The standard InChI is InChI=1S/C21H37N3O2.C9H10F2O/c1-7-16(2)18(17-9-8-10-17)15-19(22-6)23-11-13-24(14-12-23)20(25)26-21(3,4)5;1-7-3-5-8(6-4-7)12-9(2,10)11/h15-17H,7-14H2,1-6H3;3-6H,1-2H3/b18-15+,22-19?;. The summed E-state index contributed by atoms with van der Waals surface area (Å²) in [5, 5.41) is 0. The van der Waals surface area contributed by atoms with E-state index in [4.69, 9.17) is 4.74 Å². The Labute approximate surface area is 228 Å². The first-order valence-electron chi connectivity index (χ1n) is 13.8. The third-order valence-electron chi connectivity index (χ3n) is 6.86. The van der Waals surface area contributed by atoms with Crippen molar-refractivity contribution in [2.75, 3.05) is 33.2 Å². The van der Waals surface area contributed by atoms with E-state index in [9.17, 15) is 13.6 Å². The number of aliphatic imine (C=N–C) groups is 1. The highest BCUT2D eigenvalue weighted by Gasteiger charge is 2.29. The molecule has 0 bridgehead atoms. The van der Waals surface area contributed by atoms with E-state index >= 15 is 0 Å². The molecule has 0 aromatic heterocycles. The van der Waals surface area contributed by atoms with Crippen LogP contribution in [0.5, 0.6) is 5.75 Å². The monoisotopic (exact) mass is 535 g/mol. The predicted octanol–water partition coefficient (Wildman–Crippen LogP) is 7.33. The van der Waals surface area contributed by atoms with Gasteiger partial charge in [-0.3, -0.25) is 4.99 Å². The summed E-state index contributed by atoms with van der Waals surface area (Å²) >= 11 is 0. The van der Waals surface area contributed by atoms with Gasteiger partial charge in [-0.25, -0.2) is 4.79 Å². The van der Waals surface area contributed by atoms with Gasteiger partial charge < -0.3 is 19.3 Å². The quantitative estimate of drug-likeness (QED) is 0.283. The third kappa shape index (κ3) is 10.6. The van der Waals surface area contributed by atoms with Crippen LogP contribution in [-0.2, 0) is 4.74 Å². The van der Waals surface area contributed by atoms with Crippen molar-refractivity contribution in [2.24, 2.45) is 16.8 Å². The summed E-state index contributed by atoms with van der Waals surface area (Å²) in [4.78, 5) is 20.9. The number of amidine groups is 1. The van der Waals surface area contributed by atoms with Gasteiger partial charge >= 0.3 is 12.2 Å². The summed E-state index contributed by atoms with van der Waals surface area (Å²) in [5.74, 6) is 2.61. The largest absolute Gasteiger partial charge is 0.444 e. The summed E-state index contributed by atoms with van der Waals surface area (Å²) in [5.41, 5.74) is 2.14. The fourth-order valence-electron chi connectivity index (χ4n) is 4.34. The SMILES string of the molecule is CCC(C)/C(=C\C(=NC)N1CCN(C(=O)OC(C)(C)C)CC1)C1CCC1.Cc1ccc(OC(C)(F)F)cc1. The van der Waals surface area contributed by atoms with Gasteiger partial charge in [0.1, 0.15) is 17.2 Å². The van der Waals surface area contributed by atoms with Crippen LogP contribution in [0.2, 0.25) is 0 Å². The molecule has 0 spiro atoms. The maximum atomic E-state index is 12.3. The van der Waals surface area contributed by atoms with Crippen molar-refractivity contribution < 1.29 is 23.0 Å². The first kappa shape index (κ1) is 31.6. The van der Waals surface area contributed by atoms with Crippen LogP contribution in [-0.4, -0.2) is 66.7 Å². The third-order valence-corrected chi connectivity index (χ3v) is 6.86. The summed E-state index contributed by atoms with van der Waals surface area (Å²) in [6.07, 6.45) is 4.19. The zero-order valence-electron chi connectivity index (χ0n) is 24.5. The summed E-state index contributed by atoms with van der Waals surface area (Å²) < 4.78 is 34.4. The van der Waals surface area contributed by atoms with Crippen molar-refractivity contribution in [3.05, 3.63) is 41.5 Å². The summed E-state index contributed by atoms with van der Waals surface area (Å²) in [6, 6.07) is 6.49. The second-order valence-corrected chi connectivity index (χ2v) is 11.3. The number of hydrogen-bond acceptors (Lipinski definition) is 4. The normalized spacial score (nSPS) is 18.3. The second-order valence-electron chi connectivity index (χ2n) is 11.3. The number of piperazine rings is 1. The molecule has 1 aromatic carbocycles. The maximum Gasteiger partial charge on any atom is 0.410 e. The molecule has 1 saturated heterocycles. The van der Waals surface area contributed by atoms with E-state index in [2.05, 4.69) is 34.6 Å². The van der Waals surface area contributed by atoms with Gasteiger partial charge in [-0.2, -0.15) is 8.78 Å². The highest BCUT2D eigenvalue weighted by molar-refractivity contribution is 5.93. The van der Waals surface area contributed by atoms with Crippen molar-refractivity contribution in [3.8, 4) is 5.75 Å². The molecule has 1 atom stereocenters. The number of halogens is 2. The number of rotatable bonds is 6. The van der Waals surface area contributed by atoms with E-state index in [1.807, 2.05) is 34.7 Å². The Morgan fingerprint density at radius 3 is 2.05 bits per heavy atom. The molecule has 6 nitrogen and oxygen atoms in total. The Morgan fingerprint density at radius 2 is 1.63 bits per heavy atom. The van der Waals surface area contributed by atoms with Crippen molar-refractivity contribution in [1.82, 2.24) is 9.80 Å². The van der Waals surface area contributed by atoms with Crippen LogP contribution < -0.4 is 4.74 Å². The molecule has 1 heterocycles. The molecular weight excluding hydrogens is 488 g/mol. The minimum atomic E-state index is -3.10. The second kappa shape index (κ2) is 13.9. The van der Waals surface area contributed by atoms with Crippen molar-refractivity contribution in [1.29, 1.82) is 0 Å². The topological polar surface area (TPSA) is 54.4 Å². The van der Waals surface area contributed by atoms with E-state index in [0.29, 0.717) is 25.9 Å². The molecule has 0 radical (unpaired) electrons. The van der Waals surface area contributed by atoms with E-state index in [1.54, 1.807) is 22.6 Å². The summed E-state index contributed by atoms with van der Waals surface area (Å²) in [7, 11) is 1.88. The number of benzene rings is 1. The van der Waals surface area contributed by atoms with Crippen LogP contribution in [0.3, 0.4) is 0 Å². The molecular formula is C30H47F2N3O3. The maximum absolute atomic E-state index is 12.3. The smallest absolute Gasteiger partial charge is 0.410 e. The Morgan fingerprint density at radius 1 is 1.08 bits per heavy atom. The van der Waals surface area contributed by atoms with Gasteiger partial charge in [0.25, 0.3) is 0 Å². The first-order valence-corrected chi connectivity index (χ1v) is 13.8. The molecule has 1 unspecified atom stereocenters. The molecule has 1 saturated carbocycles. The molecule has 1 aliphatic carbocycles. The lowest BCUT2D eigenvalue weighted by Gasteiger charge is -2.37. The number of carbonyl (C=O) groups is 1. The first-order chi connectivity index (χ1) is 17.7. The lowest BCUT2D eigenvalue weighted by molar-refractivity contribution is -0.158. The highest BCUT2D eigenvalue weighted by atomic mass is 19.3. The average Bonchev–Trinajstić information content (AvgIpc) is 2.80. The molecule has 2 fully saturated rings. The number of allylic oxidation sites excluding steroid dienone is 1. The molecule has 1 aliphatic heterocycles. The van der Waals surface area contributed by atoms with Gasteiger partial charge in [0.15, 0.2) is 0 Å². The Hall–Kier alpha value is -2.64. The van der Waals surface area contributed by atoms with E-state index < -0.39 is 11.7 Å². The zero-order chi connectivity index (χ0) is 28.5. The minimum Gasteiger partial charge on any atom is -0.444 e. The van der Waals surface area contributed by atoms with Gasteiger partial charge in [-0.1, -0.05) is 43.5 Å². The number of carbonyl (C=O) groups excluding carboxylic acids is 1. The van der Waals surface area contributed by atoms with Crippen molar-refractivity contribution in [2.45, 2.75) is 85.9 Å². The molecule has 8 heteroatoms. The van der Waals surface area contributed by atoms with Crippen molar-refractivity contribution >= 4 is 11.9 Å². The minimum absolute atomic E-state index is 0.188. The molecule has 3 rings (SSSR count). The molecule has 38 heavy (non-hydrogen) atoms. The van der Waals surface area contributed by atoms with Gasteiger partial charge in [-0.15, -0.1) is 0 Å². The molecule has 1 amide bonds. The molecule has 0 N–H and O–H groups in total. The van der Waals surface area contributed by atoms with Crippen LogP contribution in [0.15, 0.2) is 40.9 Å². The number of aryl methyl sites for hydroxylation is 1. The van der Waals surface area contributed by atoms with Crippen molar-refractivity contribution in [3.63, 3.8) is 0 Å². The lowest BCUT2D eigenvalue weighted by atomic mass is 9.74. The van der Waals surface area contributed by atoms with Crippen LogP contribution in [0.1, 0.15) is 72.8 Å². The van der Waals surface area contributed by atoms with E-state index in [-0.39, 0.29) is 11.8 Å². The number of nitrogens with zero attached hydrogens (tertiary/aromatic N) is 3. The Kier molecular flexibility index (Phi) is 11.6.